The van der Waals surface area contributed by atoms with Gasteiger partial charge >= 0.3 is 0 Å². The van der Waals surface area contributed by atoms with Gasteiger partial charge in [-0.3, -0.25) is 4.79 Å². The van der Waals surface area contributed by atoms with Crippen LogP contribution in [0.5, 0.6) is 5.75 Å². The Morgan fingerprint density at radius 1 is 1.50 bits per heavy atom. The number of hydrogen-bond acceptors (Lipinski definition) is 4. The van der Waals surface area contributed by atoms with Crippen LogP contribution in [0.4, 0.5) is 4.39 Å². The number of fused-ring (bicyclic) bond motifs is 1. The maximum atomic E-state index is 14.0. The van der Waals surface area contributed by atoms with Crippen molar-refractivity contribution in [1.29, 1.82) is 0 Å². The molecule has 1 unspecified atom stereocenters. The van der Waals surface area contributed by atoms with Crippen LogP contribution in [0.3, 0.4) is 0 Å². The standard InChI is InChI=1S/C14H13BrFNO2S/c1-14(2)4-3-9(12(14)18)19-10-6-11-8(5-7(10)16)17-13(15)20-11/h5-6,9H,3-4H2,1-2H3. The summed E-state index contributed by atoms with van der Waals surface area (Å²) in [4.78, 5) is 16.3. The Balaban J connectivity index is 1.91. The lowest BCUT2D eigenvalue weighted by molar-refractivity contribution is -0.129. The number of rotatable bonds is 2. The number of nitrogens with zero attached hydrogens (tertiary/aromatic N) is 1. The van der Waals surface area contributed by atoms with Crippen molar-refractivity contribution in [1.82, 2.24) is 4.98 Å². The average Bonchev–Trinajstić information content (AvgIpc) is 2.83. The van der Waals surface area contributed by atoms with Crippen LogP contribution in [0.1, 0.15) is 26.7 Å². The van der Waals surface area contributed by atoms with Gasteiger partial charge in [0, 0.05) is 17.5 Å². The van der Waals surface area contributed by atoms with E-state index in [0.29, 0.717) is 15.9 Å². The topological polar surface area (TPSA) is 39.2 Å². The molecule has 106 valence electrons. The molecule has 0 saturated heterocycles. The number of halogens is 2. The molecule has 2 aromatic rings. The highest BCUT2D eigenvalue weighted by molar-refractivity contribution is 9.11. The lowest BCUT2D eigenvalue weighted by Crippen LogP contribution is -2.29. The molecule has 0 bridgehead atoms. The van der Waals surface area contributed by atoms with Crippen molar-refractivity contribution in [3.05, 3.63) is 21.9 Å². The largest absolute Gasteiger partial charge is 0.480 e. The van der Waals surface area contributed by atoms with Gasteiger partial charge in [0.15, 0.2) is 27.4 Å². The van der Waals surface area contributed by atoms with Gasteiger partial charge in [-0.2, -0.15) is 0 Å². The summed E-state index contributed by atoms with van der Waals surface area (Å²) in [5.41, 5.74) is 0.212. The number of ether oxygens (including phenoxy) is 1. The van der Waals surface area contributed by atoms with Crippen molar-refractivity contribution in [2.75, 3.05) is 0 Å². The number of thiazole rings is 1. The molecular formula is C14H13BrFNO2S. The molecule has 1 heterocycles. The molecule has 0 amide bonds. The number of Topliss-reactive ketones (excluding diaryl/α,β-unsaturated/α-hetero) is 1. The number of benzene rings is 1. The second-order valence-corrected chi connectivity index (χ2v) is 7.92. The summed E-state index contributed by atoms with van der Waals surface area (Å²) in [5, 5.41) is 0. The minimum atomic E-state index is -0.548. The third-order valence-corrected chi connectivity index (χ3v) is 5.15. The Kier molecular flexibility index (Phi) is 3.33. The van der Waals surface area contributed by atoms with Crippen LogP contribution < -0.4 is 4.74 Å². The van der Waals surface area contributed by atoms with Gasteiger partial charge in [0.05, 0.1) is 10.2 Å². The maximum absolute atomic E-state index is 14.0. The third kappa shape index (κ3) is 2.35. The van der Waals surface area contributed by atoms with E-state index >= 15 is 0 Å². The monoisotopic (exact) mass is 357 g/mol. The number of carbonyl (C=O) groups is 1. The van der Waals surface area contributed by atoms with Crippen molar-refractivity contribution < 1.29 is 13.9 Å². The van der Waals surface area contributed by atoms with E-state index in [9.17, 15) is 9.18 Å². The quantitative estimate of drug-likeness (QED) is 0.802. The minimum absolute atomic E-state index is 0.0440. The van der Waals surface area contributed by atoms with Crippen LogP contribution in [0.2, 0.25) is 0 Å². The van der Waals surface area contributed by atoms with Gasteiger partial charge in [0.1, 0.15) is 0 Å². The minimum Gasteiger partial charge on any atom is -0.480 e. The predicted octanol–water partition coefficient (Wildman–Crippen LogP) is 4.33. The molecule has 1 atom stereocenters. The van der Waals surface area contributed by atoms with Gasteiger partial charge in [0.2, 0.25) is 0 Å². The molecule has 1 aromatic carbocycles. The van der Waals surface area contributed by atoms with E-state index in [4.69, 9.17) is 4.74 Å². The summed E-state index contributed by atoms with van der Waals surface area (Å²) in [6.07, 6.45) is 0.857. The molecule has 1 aliphatic carbocycles. The summed E-state index contributed by atoms with van der Waals surface area (Å²) in [6, 6.07) is 2.96. The first-order chi connectivity index (χ1) is 9.37. The Labute approximate surface area is 128 Å². The number of aromatic nitrogens is 1. The van der Waals surface area contributed by atoms with Gasteiger partial charge in [-0.15, -0.1) is 11.3 Å². The highest BCUT2D eigenvalue weighted by Gasteiger charge is 2.42. The molecule has 0 aliphatic heterocycles. The SMILES string of the molecule is CC1(C)CCC(Oc2cc3sc(Br)nc3cc2F)C1=O. The van der Waals surface area contributed by atoms with Gasteiger partial charge in [-0.1, -0.05) is 13.8 Å². The van der Waals surface area contributed by atoms with E-state index < -0.39 is 11.9 Å². The van der Waals surface area contributed by atoms with Crippen molar-refractivity contribution in [2.24, 2.45) is 5.41 Å². The first kappa shape index (κ1) is 13.9. The maximum Gasteiger partial charge on any atom is 0.178 e. The lowest BCUT2D eigenvalue weighted by atomic mass is 9.91. The molecule has 20 heavy (non-hydrogen) atoms. The number of ketones is 1. The average molecular weight is 358 g/mol. The van der Waals surface area contributed by atoms with Gasteiger partial charge in [-0.05, 0) is 28.8 Å². The molecule has 3 nitrogen and oxygen atoms in total. The summed E-state index contributed by atoms with van der Waals surface area (Å²) in [6.45, 7) is 3.80. The number of carbonyl (C=O) groups excluding carboxylic acids is 1. The predicted molar refractivity (Wildman–Crippen MR) is 79.7 cm³/mol. The van der Waals surface area contributed by atoms with E-state index in [1.165, 1.54) is 17.4 Å². The first-order valence-electron chi connectivity index (χ1n) is 6.33. The summed E-state index contributed by atoms with van der Waals surface area (Å²) in [7, 11) is 0. The van der Waals surface area contributed by atoms with Gasteiger partial charge in [0.25, 0.3) is 0 Å². The van der Waals surface area contributed by atoms with Crippen LogP contribution in [0.15, 0.2) is 16.0 Å². The Morgan fingerprint density at radius 3 is 2.90 bits per heavy atom. The summed E-state index contributed by atoms with van der Waals surface area (Å²) >= 11 is 4.68. The van der Waals surface area contributed by atoms with Crippen molar-refractivity contribution in [2.45, 2.75) is 32.8 Å². The molecule has 0 spiro atoms. The van der Waals surface area contributed by atoms with Crippen LogP contribution in [-0.2, 0) is 4.79 Å². The molecular weight excluding hydrogens is 345 g/mol. The van der Waals surface area contributed by atoms with Gasteiger partial charge < -0.3 is 4.74 Å². The Morgan fingerprint density at radius 2 is 2.25 bits per heavy atom. The lowest BCUT2D eigenvalue weighted by Gasteiger charge is -2.17. The zero-order valence-corrected chi connectivity index (χ0v) is 13.5. The molecule has 1 fully saturated rings. The van der Waals surface area contributed by atoms with Crippen LogP contribution in [0, 0.1) is 11.2 Å². The molecule has 1 aromatic heterocycles. The van der Waals surface area contributed by atoms with Crippen molar-refractivity contribution >= 4 is 43.3 Å². The second kappa shape index (κ2) is 4.77. The van der Waals surface area contributed by atoms with E-state index in [0.717, 1.165) is 11.1 Å². The van der Waals surface area contributed by atoms with E-state index in [2.05, 4.69) is 20.9 Å². The highest BCUT2D eigenvalue weighted by atomic mass is 79.9. The smallest absolute Gasteiger partial charge is 0.178 e. The van der Waals surface area contributed by atoms with Gasteiger partial charge in [-0.25, -0.2) is 9.37 Å². The second-order valence-electron chi connectivity index (χ2n) is 5.61. The van der Waals surface area contributed by atoms with Crippen molar-refractivity contribution in [3.63, 3.8) is 0 Å². The zero-order chi connectivity index (χ0) is 14.5. The third-order valence-electron chi connectivity index (χ3n) is 3.68. The molecule has 3 rings (SSSR count). The summed E-state index contributed by atoms with van der Waals surface area (Å²) < 4.78 is 21.2. The normalized spacial score (nSPS) is 21.6. The summed E-state index contributed by atoms with van der Waals surface area (Å²) in [5.74, 6) is -0.306. The van der Waals surface area contributed by atoms with Crippen LogP contribution in [-0.4, -0.2) is 16.9 Å². The van der Waals surface area contributed by atoms with E-state index in [-0.39, 0.29) is 16.9 Å². The first-order valence-corrected chi connectivity index (χ1v) is 7.94. The molecule has 0 radical (unpaired) electrons. The van der Waals surface area contributed by atoms with Crippen LogP contribution >= 0.6 is 27.3 Å². The Hall–Kier alpha value is -1.01. The number of hydrogen-bond donors (Lipinski definition) is 0. The van der Waals surface area contributed by atoms with E-state index in [1.807, 2.05) is 13.8 Å². The highest BCUT2D eigenvalue weighted by Crippen LogP contribution is 2.37. The van der Waals surface area contributed by atoms with Crippen molar-refractivity contribution in [3.8, 4) is 5.75 Å². The fourth-order valence-corrected chi connectivity index (χ4v) is 3.85. The molecule has 1 aliphatic rings. The van der Waals surface area contributed by atoms with E-state index in [1.54, 1.807) is 6.07 Å². The molecule has 0 N–H and O–H groups in total. The van der Waals surface area contributed by atoms with Crippen LogP contribution in [0.25, 0.3) is 10.2 Å². The Bertz CT molecular complexity index is 698. The fraction of sp³-hybridized carbons (Fsp3) is 0.429. The fourth-order valence-electron chi connectivity index (χ4n) is 2.44. The molecule has 1 saturated carbocycles. The zero-order valence-electron chi connectivity index (χ0n) is 11.1. The molecule has 6 heteroatoms.